The van der Waals surface area contributed by atoms with E-state index in [0.29, 0.717) is 10.6 Å². The van der Waals surface area contributed by atoms with Gasteiger partial charge in [-0.25, -0.2) is 0 Å². The number of rotatable bonds is 4. The summed E-state index contributed by atoms with van der Waals surface area (Å²) >= 11 is 5.96. The lowest BCUT2D eigenvalue weighted by Gasteiger charge is -2.10. The molecule has 0 aliphatic carbocycles. The summed E-state index contributed by atoms with van der Waals surface area (Å²) in [6.45, 7) is 2.11. The largest absolute Gasteiger partial charge is 0.322 e. The molecular formula is C15H15ClN2O. The Labute approximate surface area is 117 Å². The second-order valence-electron chi connectivity index (χ2n) is 4.22. The van der Waals surface area contributed by atoms with Gasteiger partial charge < -0.3 is 5.32 Å². The summed E-state index contributed by atoms with van der Waals surface area (Å²) in [5.41, 5.74) is 2.40. The lowest BCUT2D eigenvalue weighted by Crippen LogP contribution is -2.13. The van der Waals surface area contributed by atoms with Gasteiger partial charge in [0, 0.05) is 18.1 Å². The first kappa shape index (κ1) is 13.6. The minimum atomic E-state index is -0.212. The van der Waals surface area contributed by atoms with Crippen molar-refractivity contribution in [1.82, 2.24) is 4.98 Å². The summed E-state index contributed by atoms with van der Waals surface area (Å²) in [6, 6.07) is 9.41. The number of anilines is 1. The molecule has 2 rings (SSSR count). The first-order valence-electron chi connectivity index (χ1n) is 6.21. The Kier molecular flexibility index (Phi) is 4.53. The fourth-order valence-corrected chi connectivity index (χ4v) is 2.08. The second-order valence-corrected chi connectivity index (χ2v) is 4.62. The van der Waals surface area contributed by atoms with Crippen LogP contribution >= 0.6 is 11.6 Å². The number of hydrogen-bond donors (Lipinski definition) is 1. The third-order valence-corrected chi connectivity index (χ3v) is 3.10. The molecule has 0 saturated carbocycles. The number of benzene rings is 1. The van der Waals surface area contributed by atoms with E-state index in [0.717, 1.165) is 24.1 Å². The van der Waals surface area contributed by atoms with Crippen LogP contribution in [0.4, 0.5) is 5.69 Å². The molecule has 1 aromatic carbocycles. The zero-order chi connectivity index (χ0) is 13.7. The molecule has 3 nitrogen and oxygen atoms in total. The molecule has 0 saturated heterocycles. The predicted molar refractivity (Wildman–Crippen MR) is 77.6 cm³/mol. The zero-order valence-electron chi connectivity index (χ0n) is 10.7. The summed E-state index contributed by atoms with van der Waals surface area (Å²) in [4.78, 5) is 16.0. The van der Waals surface area contributed by atoms with Crippen molar-refractivity contribution in [1.29, 1.82) is 0 Å². The van der Waals surface area contributed by atoms with Crippen LogP contribution in [0, 0.1) is 0 Å². The average molecular weight is 275 g/mol. The van der Waals surface area contributed by atoms with E-state index in [9.17, 15) is 4.79 Å². The molecule has 4 heteroatoms. The smallest absolute Gasteiger partial charge is 0.257 e. The molecule has 1 aromatic heterocycles. The Balaban J connectivity index is 2.22. The summed E-state index contributed by atoms with van der Waals surface area (Å²) in [6.07, 6.45) is 4.98. The molecular weight excluding hydrogens is 260 g/mol. The molecule has 1 amide bonds. The fourth-order valence-electron chi connectivity index (χ4n) is 1.88. The number of nitrogens with one attached hydrogen (secondary N) is 1. The highest BCUT2D eigenvalue weighted by Gasteiger charge is 2.11. The van der Waals surface area contributed by atoms with E-state index in [-0.39, 0.29) is 5.91 Å². The number of amides is 1. The molecule has 19 heavy (non-hydrogen) atoms. The number of para-hydroxylation sites is 1. The number of nitrogens with zero attached hydrogens (tertiary/aromatic N) is 1. The van der Waals surface area contributed by atoms with Crippen molar-refractivity contribution in [3.8, 4) is 0 Å². The molecule has 0 unspecified atom stereocenters. The van der Waals surface area contributed by atoms with Crippen molar-refractivity contribution in [3.63, 3.8) is 0 Å². The minimum Gasteiger partial charge on any atom is -0.322 e. The molecule has 2 aromatic rings. The lowest BCUT2D eigenvalue weighted by molar-refractivity contribution is 0.102. The van der Waals surface area contributed by atoms with Crippen molar-refractivity contribution >= 4 is 23.2 Å². The van der Waals surface area contributed by atoms with Crippen molar-refractivity contribution in [3.05, 3.63) is 58.9 Å². The Morgan fingerprint density at radius 2 is 2.11 bits per heavy atom. The summed E-state index contributed by atoms with van der Waals surface area (Å²) in [5, 5.41) is 3.26. The van der Waals surface area contributed by atoms with Crippen molar-refractivity contribution in [2.45, 2.75) is 19.8 Å². The van der Waals surface area contributed by atoms with E-state index in [1.165, 1.54) is 6.20 Å². The monoisotopic (exact) mass is 274 g/mol. The number of aromatic nitrogens is 1. The number of carbonyl (C=O) groups excluding carboxylic acids is 1. The van der Waals surface area contributed by atoms with Gasteiger partial charge in [0.15, 0.2) is 0 Å². The Hall–Kier alpha value is -1.87. The van der Waals surface area contributed by atoms with Crippen LogP contribution in [-0.4, -0.2) is 10.9 Å². The Morgan fingerprint density at radius 1 is 1.32 bits per heavy atom. The average Bonchev–Trinajstić information content (AvgIpc) is 2.41. The van der Waals surface area contributed by atoms with Crippen LogP contribution in [-0.2, 0) is 6.42 Å². The predicted octanol–water partition coefficient (Wildman–Crippen LogP) is 3.94. The maximum atomic E-state index is 12.2. The molecule has 0 bridgehead atoms. The van der Waals surface area contributed by atoms with Gasteiger partial charge in [-0.3, -0.25) is 9.78 Å². The van der Waals surface area contributed by atoms with Gasteiger partial charge in [-0.1, -0.05) is 43.1 Å². The molecule has 0 spiro atoms. The number of carbonyl (C=O) groups is 1. The molecule has 0 aliphatic rings. The SMILES string of the molecule is CCCc1ccccc1NC(=O)c1ccncc1Cl. The van der Waals surface area contributed by atoms with Gasteiger partial charge in [0.1, 0.15) is 0 Å². The van der Waals surface area contributed by atoms with Gasteiger partial charge in [-0.2, -0.15) is 0 Å². The van der Waals surface area contributed by atoms with Crippen LogP contribution in [0.3, 0.4) is 0 Å². The number of hydrogen-bond acceptors (Lipinski definition) is 2. The first-order chi connectivity index (χ1) is 9.22. The van der Waals surface area contributed by atoms with E-state index < -0.39 is 0 Å². The van der Waals surface area contributed by atoms with Gasteiger partial charge in [0.2, 0.25) is 0 Å². The molecule has 1 N–H and O–H groups in total. The maximum Gasteiger partial charge on any atom is 0.257 e. The standard InChI is InChI=1S/C15H15ClN2O/c1-2-5-11-6-3-4-7-14(11)18-15(19)12-8-9-17-10-13(12)16/h3-4,6-10H,2,5H2,1H3,(H,18,19). The van der Waals surface area contributed by atoms with Gasteiger partial charge in [0.25, 0.3) is 5.91 Å². The van der Waals surface area contributed by atoms with E-state index >= 15 is 0 Å². The first-order valence-corrected chi connectivity index (χ1v) is 6.59. The third-order valence-electron chi connectivity index (χ3n) is 2.80. The normalized spacial score (nSPS) is 10.2. The lowest BCUT2D eigenvalue weighted by atomic mass is 10.1. The summed E-state index contributed by atoms with van der Waals surface area (Å²) < 4.78 is 0. The van der Waals surface area contributed by atoms with Crippen LogP contribution in [0.5, 0.6) is 0 Å². The van der Waals surface area contributed by atoms with Crippen molar-refractivity contribution < 1.29 is 4.79 Å². The molecule has 0 radical (unpaired) electrons. The van der Waals surface area contributed by atoms with E-state index in [2.05, 4.69) is 17.2 Å². The highest BCUT2D eigenvalue weighted by molar-refractivity contribution is 6.34. The summed E-state index contributed by atoms with van der Waals surface area (Å²) in [7, 11) is 0. The zero-order valence-corrected chi connectivity index (χ0v) is 11.4. The van der Waals surface area contributed by atoms with E-state index in [1.807, 2.05) is 24.3 Å². The van der Waals surface area contributed by atoms with Crippen LogP contribution < -0.4 is 5.32 Å². The quantitative estimate of drug-likeness (QED) is 0.917. The minimum absolute atomic E-state index is 0.212. The van der Waals surface area contributed by atoms with E-state index in [4.69, 9.17) is 11.6 Å². The molecule has 98 valence electrons. The Morgan fingerprint density at radius 3 is 2.84 bits per heavy atom. The molecule has 0 aliphatic heterocycles. The third kappa shape index (κ3) is 3.32. The van der Waals surface area contributed by atoms with Crippen molar-refractivity contribution in [2.75, 3.05) is 5.32 Å². The molecule has 1 heterocycles. The van der Waals surface area contributed by atoms with Crippen LogP contribution in [0.15, 0.2) is 42.7 Å². The fraction of sp³-hybridized carbons (Fsp3) is 0.200. The number of pyridine rings is 1. The van der Waals surface area contributed by atoms with Gasteiger partial charge in [0.05, 0.1) is 10.6 Å². The topological polar surface area (TPSA) is 42.0 Å². The number of aryl methyl sites for hydroxylation is 1. The molecule has 0 fully saturated rings. The van der Waals surface area contributed by atoms with Gasteiger partial charge >= 0.3 is 0 Å². The van der Waals surface area contributed by atoms with Crippen LogP contribution in [0.2, 0.25) is 5.02 Å². The van der Waals surface area contributed by atoms with Gasteiger partial charge in [-0.05, 0) is 24.1 Å². The van der Waals surface area contributed by atoms with Crippen LogP contribution in [0.1, 0.15) is 29.3 Å². The highest BCUT2D eigenvalue weighted by atomic mass is 35.5. The Bertz CT molecular complexity index is 584. The number of halogens is 1. The molecule has 0 atom stereocenters. The second kappa shape index (κ2) is 6.34. The maximum absolute atomic E-state index is 12.2. The van der Waals surface area contributed by atoms with Gasteiger partial charge in [-0.15, -0.1) is 0 Å². The van der Waals surface area contributed by atoms with E-state index in [1.54, 1.807) is 12.3 Å². The summed E-state index contributed by atoms with van der Waals surface area (Å²) in [5.74, 6) is -0.212. The highest BCUT2D eigenvalue weighted by Crippen LogP contribution is 2.20. The van der Waals surface area contributed by atoms with Crippen molar-refractivity contribution in [2.24, 2.45) is 0 Å². The van der Waals surface area contributed by atoms with Crippen LogP contribution in [0.25, 0.3) is 0 Å².